The number of hydrogen-bond acceptors (Lipinski definition) is 2. The van der Waals surface area contributed by atoms with E-state index in [9.17, 15) is 18.0 Å². The van der Waals surface area contributed by atoms with Gasteiger partial charge in [-0.2, -0.15) is 13.2 Å². The van der Waals surface area contributed by atoms with Crippen LogP contribution < -0.4 is 5.73 Å². The van der Waals surface area contributed by atoms with Gasteiger partial charge in [0.2, 0.25) is 5.91 Å². The second kappa shape index (κ2) is 7.13. The topological polar surface area (TPSA) is 46.3 Å². The zero-order chi connectivity index (χ0) is 14.8. The van der Waals surface area contributed by atoms with Crippen molar-refractivity contribution in [3.63, 3.8) is 0 Å². The van der Waals surface area contributed by atoms with Crippen LogP contribution in [-0.4, -0.2) is 30.1 Å². The Morgan fingerprint density at radius 1 is 1.19 bits per heavy atom. The molecule has 1 unspecified atom stereocenters. The molecule has 1 aromatic carbocycles. The quantitative estimate of drug-likeness (QED) is 0.910. The van der Waals surface area contributed by atoms with Crippen molar-refractivity contribution in [1.29, 1.82) is 0 Å². The third-order valence-electron chi connectivity index (χ3n) is 3.69. The summed E-state index contributed by atoms with van der Waals surface area (Å²) in [5.74, 6) is -1.61. The highest BCUT2D eigenvalue weighted by Crippen LogP contribution is 2.34. The highest BCUT2D eigenvalue weighted by atomic mass is 35.5. The second-order valence-corrected chi connectivity index (χ2v) is 5.03. The first kappa shape index (κ1) is 17.8. The predicted molar refractivity (Wildman–Crippen MR) is 76.0 cm³/mol. The van der Waals surface area contributed by atoms with Gasteiger partial charge < -0.3 is 10.6 Å². The largest absolute Gasteiger partial charge is 0.391 e. The Hall–Kier alpha value is -1.27. The van der Waals surface area contributed by atoms with Crippen LogP contribution in [0.5, 0.6) is 0 Å². The molecule has 21 heavy (non-hydrogen) atoms. The molecule has 7 heteroatoms. The normalized spacial score (nSPS) is 18.0. The lowest BCUT2D eigenvalue weighted by Crippen LogP contribution is -2.45. The van der Waals surface area contributed by atoms with Gasteiger partial charge in [-0.25, -0.2) is 0 Å². The summed E-state index contributed by atoms with van der Waals surface area (Å²) in [6.45, 7) is 0.229. The second-order valence-electron chi connectivity index (χ2n) is 5.03. The van der Waals surface area contributed by atoms with Crippen LogP contribution in [0.4, 0.5) is 13.2 Å². The van der Waals surface area contributed by atoms with Crippen molar-refractivity contribution < 1.29 is 18.0 Å². The highest BCUT2D eigenvalue weighted by molar-refractivity contribution is 5.85. The van der Waals surface area contributed by atoms with Crippen LogP contribution in [0.2, 0.25) is 0 Å². The number of piperidine rings is 1. The number of alkyl halides is 3. The SMILES string of the molecule is Cl.NC(C(=O)N1CCC(C(F)(F)F)CC1)c1ccccc1. The molecule has 1 atom stereocenters. The molecule has 3 nitrogen and oxygen atoms in total. The Labute approximate surface area is 127 Å². The van der Waals surface area contributed by atoms with E-state index in [1.165, 1.54) is 4.90 Å². The van der Waals surface area contributed by atoms with Gasteiger partial charge in [0.1, 0.15) is 6.04 Å². The predicted octanol–water partition coefficient (Wildman–Crippen LogP) is 2.91. The van der Waals surface area contributed by atoms with Crippen molar-refractivity contribution in [2.24, 2.45) is 11.7 Å². The summed E-state index contributed by atoms with van der Waals surface area (Å²) in [4.78, 5) is 13.6. The Morgan fingerprint density at radius 2 is 1.71 bits per heavy atom. The van der Waals surface area contributed by atoms with Gasteiger partial charge in [-0.1, -0.05) is 30.3 Å². The minimum Gasteiger partial charge on any atom is -0.341 e. The van der Waals surface area contributed by atoms with Crippen LogP contribution in [0.15, 0.2) is 30.3 Å². The number of nitrogens with zero attached hydrogens (tertiary/aromatic N) is 1. The molecule has 118 valence electrons. The van der Waals surface area contributed by atoms with Crippen LogP contribution in [0.1, 0.15) is 24.4 Å². The summed E-state index contributed by atoms with van der Waals surface area (Å²) in [7, 11) is 0. The molecular formula is C14H18ClF3N2O. The summed E-state index contributed by atoms with van der Waals surface area (Å²) >= 11 is 0. The fourth-order valence-corrected chi connectivity index (χ4v) is 2.43. The molecule has 2 N–H and O–H groups in total. The van der Waals surface area contributed by atoms with Crippen molar-refractivity contribution >= 4 is 18.3 Å². The van der Waals surface area contributed by atoms with Crippen LogP contribution in [-0.2, 0) is 4.79 Å². The van der Waals surface area contributed by atoms with E-state index in [1.54, 1.807) is 24.3 Å². The summed E-state index contributed by atoms with van der Waals surface area (Å²) in [6.07, 6.45) is -4.26. The molecule has 0 aromatic heterocycles. The Balaban J connectivity index is 0.00000220. The molecule has 1 amide bonds. The summed E-state index contributed by atoms with van der Waals surface area (Å²) in [5, 5.41) is 0. The first-order chi connectivity index (χ1) is 9.39. The van der Waals surface area contributed by atoms with E-state index < -0.39 is 18.1 Å². The van der Waals surface area contributed by atoms with Gasteiger partial charge in [-0.05, 0) is 18.4 Å². The average molecular weight is 323 g/mol. The Bertz CT molecular complexity index is 459. The fourth-order valence-electron chi connectivity index (χ4n) is 2.43. The Kier molecular flexibility index (Phi) is 6.04. The molecule has 1 aromatic rings. The number of likely N-dealkylation sites (tertiary alicyclic amines) is 1. The third-order valence-corrected chi connectivity index (χ3v) is 3.69. The highest BCUT2D eigenvalue weighted by Gasteiger charge is 2.42. The molecule has 1 saturated heterocycles. The lowest BCUT2D eigenvalue weighted by molar-refractivity contribution is -0.186. The van der Waals surface area contributed by atoms with E-state index in [0.29, 0.717) is 5.56 Å². The van der Waals surface area contributed by atoms with Gasteiger partial charge >= 0.3 is 6.18 Å². The van der Waals surface area contributed by atoms with Crippen LogP contribution in [0, 0.1) is 5.92 Å². The van der Waals surface area contributed by atoms with Crippen molar-refractivity contribution in [1.82, 2.24) is 4.90 Å². The van der Waals surface area contributed by atoms with E-state index in [2.05, 4.69) is 0 Å². The van der Waals surface area contributed by atoms with Crippen LogP contribution >= 0.6 is 12.4 Å². The monoisotopic (exact) mass is 322 g/mol. The molecule has 1 aliphatic rings. The number of benzene rings is 1. The third kappa shape index (κ3) is 4.35. The smallest absolute Gasteiger partial charge is 0.341 e. The molecule has 0 spiro atoms. The van der Waals surface area contributed by atoms with Gasteiger partial charge in [0.15, 0.2) is 0 Å². The molecule has 2 rings (SSSR count). The average Bonchev–Trinajstić information content (AvgIpc) is 2.46. The summed E-state index contributed by atoms with van der Waals surface area (Å²) in [6, 6.07) is 8.04. The van der Waals surface area contributed by atoms with E-state index >= 15 is 0 Å². The van der Waals surface area contributed by atoms with Gasteiger partial charge in [0, 0.05) is 13.1 Å². The zero-order valence-electron chi connectivity index (χ0n) is 11.3. The van der Waals surface area contributed by atoms with Crippen LogP contribution in [0.25, 0.3) is 0 Å². The Morgan fingerprint density at radius 3 is 2.19 bits per heavy atom. The number of rotatable bonds is 2. The molecular weight excluding hydrogens is 305 g/mol. The zero-order valence-corrected chi connectivity index (χ0v) is 12.2. The molecule has 0 bridgehead atoms. The number of halogens is 4. The van der Waals surface area contributed by atoms with Gasteiger partial charge in [-0.3, -0.25) is 4.79 Å². The standard InChI is InChI=1S/C14H17F3N2O.ClH/c15-14(16,17)11-6-8-19(9-7-11)13(20)12(18)10-4-2-1-3-5-10;/h1-5,11-12H,6-9,18H2;1H. The maximum absolute atomic E-state index is 12.6. The first-order valence-electron chi connectivity index (χ1n) is 6.55. The molecule has 0 saturated carbocycles. The van der Waals surface area contributed by atoms with Crippen molar-refractivity contribution in [2.75, 3.05) is 13.1 Å². The number of hydrogen-bond donors (Lipinski definition) is 1. The molecule has 0 aliphatic carbocycles. The van der Waals surface area contributed by atoms with Gasteiger partial charge in [0.05, 0.1) is 5.92 Å². The summed E-state index contributed by atoms with van der Waals surface area (Å²) < 4.78 is 37.7. The van der Waals surface area contributed by atoms with Gasteiger partial charge in [0.25, 0.3) is 0 Å². The van der Waals surface area contributed by atoms with Crippen molar-refractivity contribution in [2.45, 2.75) is 25.1 Å². The van der Waals surface area contributed by atoms with E-state index in [-0.39, 0.29) is 44.2 Å². The van der Waals surface area contributed by atoms with E-state index in [4.69, 9.17) is 5.73 Å². The minimum absolute atomic E-state index is 0. The van der Waals surface area contributed by atoms with E-state index in [1.807, 2.05) is 6.07 Å². The van der Waals surface area contributed by atoms with Crippen LogP contribution in [0.3, 0.4) is 0 Å². The fraction of sp³-hybridized carbons (Fsp3) is 0.500. The number of carbonyl (C=O) groups is 1. The lowest BCUT2D eigenvalue weighted by atomic mass is 9.95. The van der Waals surface area contributed by atoms with Gasteiger partial charge in [-0.15, -0.1) is 12.4 Å². The number of amides is 1. The maximum atomic E-state index is 12.6. The van der Waals surface area contributed by atoms with Crippen molar-refractivity contribution in [3.8, 4) is 0 Å². The molecule has 1 fully saturated rings. The number of nitrogens with two attached hydrogens (primary N) is 1. The number of carbonyl (C=O) groups excluding carboxylic acids is 1. The molecule has 1 aliphatic heterocycles. The summed E-state index contributed by atoms with van der Waals surface area (Å²) in [5.41, 5.74) is 6.55. The lowest BCUT2D eigenvalue weighted by Gasteiger charge is -2.34. The van der Waals surface area contributed by atoms with Crippen molar-refractivity contribution in [3.05, 3.63) is 35.9 Å². The first-order valence-corrected chi connectivity index (χ1v) is 6.55. The molecule has 0 radical (unpaired) electrons. The minimum atomic E-state index is -4.17. The molecule has 1 heterocycles. The van der Waals surface area contributed by atoms with E-state index in [0.717, 1.165) is 0 Å². The maximum Gasteiger partial charge on any atom is 0.391 e.